The summed E-state index contributed by atoms with van der Waals surface area (Å²) in [6, 6.07) is 6.31. The van der Waals surface area contributed by atoms with Gasteiger partial charge in [0.25, 0.3) is 5.91 Å². The molecule has 7 heteroatoms. The fourth-order valence-corrected chi connectivity index (χ4v) is 3.24. The van der Waals surface area contributed by atoms with Gasteiger partial charge in [0.2, 0.25) is 0 Å². The molecule has 0 radical (unpaired) electrons. The van der Waals surface area contributed by atoms with Gasteiger partial charge in [0.1, 0.15) is 0 Å². The van der Waals surface area contributed by atoms with Crippen LogP contribution in [0.25, 0.3) is 0 Å². The maximum Gasteiger partial charge on any atom is 0.254 e. The number of ether oxygens (including phenoxy) is 1. The zero-order chi connectivity index (χ0) is 18.0. The van der Waals surface area contributed by atoms with Gasteiger partial charge in [0.05, 0.1) is 19.3 Å². The standard InChI is InChI=1S/C18H23FN4O2/c1-21(2)11-14-7-9-23-15(6-8-20-23)12-22(14)18(24)13-4-5-17(25-3)16(19)10-13/h4-6,8,10,14H,7,9,11-12H2,1-3H3/t14-/m1/s1. The topological polar surface area (TPSA) is 50.6 Å². The average molecular weight is 346 g/mol. The molecule has 0 saturated carbocycles. The molecular formula is C18H23FN4O2. The minimum atomic E-state index is -0.530. The lowest BCUT2D eigenvalue weighted by atomic mass is 10.1. The van der Waals surface area contributed by atoms with Gasteiger partial charge in [-0.1, -0.05) is 0 Å². The van der Waals surface area contributed by atoms with Crippen LogP contribution in [-0.2, 0) is 13.1 Å². The van der Waals surface area contributed by atoms with Crippen molar-refractivity contribution in [2.24, 2.45) is 0 Å². The Kier molecular flexibility index (Phi) is 5.03. The van der Waals surface area contributed by atoms with Crippen LogP contribution in [0, 0.1) is 5.82 Å². The molecule has 1 atom stereocenters. The summed E-state index contributed by atoms with van der Waals surface area (Å²) in [5, 5.41) is 4.32. The van der Waals surface area contributed by atoms with Crippen LogP contribution in [0.4, 0.5) is 4.39 Å². The van der Waals surface area contributed by atoms with E-state index in [0.29, 0.717) is 12.1 Å². The molecule has 2 aromatic rings. The van der Waals surface area contributed by atoms with Crippen molar-refractivity contribution in [3.63, 3.8) is 0 Å². The van der Waals surface area contributed by atoms with E-state index >= 15 is 0 Å². The normalized spacial score (nSPS) is 17.3. The van der Waals surface area contributed by atoms with E-state index in [4.69, 9.17) is 4.74 Å². The molecule has 1 aromatic carbocycles. The first-order chi connectivity index (χ1) is 12.0. The number of likely N-dealkylation sites (N-methyl/N-ethyl adjacent to an activating group) is 1. The summed E-state index contributed by atoms with van der Waals surface area (Å²) in [6.45, 7) is 1.97. The van der Waals surface area contributed by atoms with Gasteiger partial charge in [-0.15, -0.1) is 0 Å². The Labute approximate surface area is 146 Å². The third-order valence-electron chi connectivity index (χ3n) is 4.49. The summed E-state index contributed by atoms with van der Waals surface area (Å²) < 4.78 is 20.9. The lowest BCUT2D eigenvalue weighted by molar-refractivity contribution is 0.0626. The molecule has 1 aliphatic rings. The van der Waals surface area contributed by atoms with E-state index in [1.54, 1.807) is 12.3 Å². The second kappa shape index (κ2) is 7.23. The quantitative estimate of drug-likeness (QED) is 0.850. The number of fused-ring (bicyclic) bond motifs is 1. The van der Waals surface area contributed by atoms with E-state index in [1.807, 2.05) is 29.7 Å². The first-order valence-corrected chi connectivity index (χ1v) is 8.29. The smallest absolute Gasteiger partial charge is 0.254 e. The number of hydrogen-bond acceptors (Lipinski definition) is 4. The highest BCUT2D eigenvalue weighted by molar-refractivity contribution is 5.94. The van der Waals surface area contributed by atoms with E-state index in [1.165, 1.54) is 19.2 Å². The van der Waals surface area contributed by atoms with Crippen molar-refractivity contribution in [1.82, 2.24) is 19.6 Å². The Bertz CT molecular complexity index is 759. The SMILES string of the molecule is COc1ccc(C(=O)N2Cc3ccnn3CC[C@@H]2CN(C)C)cc1F. The number of rotatable bonds is 4. The first kappa shape index (κ1) is 17.4. The van der Waals surface area contributed by atoms with Gasteiger partial charge < -0.3 is 14.5 Å². The molecule has 0 spiro atoms. The molecule has 1 aromatic heterocycles. The Morgan fingerprint density at radius 3 is 2.88 bits per heavy atom. The van der Waals surface area contributed by atoms with Crippen molar-refractivity contribution in [2.75, 3.05) is 27.7 Å². The summed E-state index contributed by atoms with van der Waals surface area (Å²) in [7, 11) is 5.38. The van der Waals surface area contributed by atoms with E-state index in [-0.39, 0.29) is 17.7 Å². The van der Waals surface area contributed by atoms with Crippen molar-refractivity contribution in [1.29, 1.82) is 0 Å². The average Bonchev–Trinajstić information content (AvgIpc) is 2.96. The zero-order valence-electron chi connectivity index (χ0n) is 14.8. The molecule has 6 nitrogen and oxygen atoms in total. The van der Waals surface area contributed by atoms with Crippen LogP contribution in [0.15, 0.2) is 30.5 Å². The van der Waals surface area contributed by atoms with E-state index in [2.05, 4.69) is 10.00 Å². The maximum absolute atomic E-state index is 14.0. The summed E-state index contributed by atoms with van der Waals surface area (Å²) in [4.78, 5) is 17.0. The molecule has 0 saturated heterocycles. The molecule has 25 heavy (non-hydrogen) atoms. The third-order valence-corrected chi connectivity index (χ3v) is 4.49. The number of carbonyl (C=O) groups excluding carboxylic acids is 1. The monoisotopic (exact) mass is 346 g/mol. The van der Waals surface area contributed by atoms with Crippen LogP contribution in [0.1, 0.15) is 22.5 Å². The molecule has 1 aliphatic heterocycles. The number of amides is 1. The first-order valence-electron chi connectivity index (χ1n) is 8.29. The largest absolute Gasteiger partial charge is 0.494 e. The minimum Gasteiger partial charge on any atom is -0.494 e. The molecule has 0 bridgehead atoms. The molecule has 0 N–H and O–H groups in total. The molecule has 2 heterocycles. The Morgan fingerprint density at radius 1 is 1.40 bits per heavy atom. The highest BCUT2D eigenvalue weighted by atomic mass is 19.1. The lowest BCUT2D eigenvalue weighted by Gasteiger charge is -2.31. The second-order valence-corrected chi connectivity index (χ2v) is 6.53. The van der Waals surface area contributed by atoms with Crippen molar-refractivity contribution in [3.05, 3.63) is 47.5 Å². The van der Waals surface area contributed by atoms with Crippen LogP contribution >= 0.6 is 0 Å². The Morgan fingerprint density at radius 2 is 2.20 bits per heavy atom. The number of nitrogens with zero attached hydrogens (tertiary/aromatic N) is 4. The molecule has 3 rings (SSSR count). The van der Waals surface area contributed by atoms with Gasteiger partial charge in [0.15, 0.2) is 11.6 Å². The number of aromatic nitrogens is 2. The molecular weight excluding hydrogens is 323 g/mol. The number of benzene rings is 1. The number of aryl methyl sites for hydroxylation is 1. The predicted octanol–water partition coefficient (Wildman–Crippen LogP) is 2.01. The van der Waals surface area contributed by atoms with Crippen molar-refractivity contribution in [3.8, 4) is 5.75 Å². The van der Waals surface area contributed by atoms with Crippen LogP contribution in [-0.4, -0.2) is 59.3 Å². The number of halogens is 1. The maximum atomic E-state index is 14.0. The summed E-state index contributed by atoms with van der Waals surface area (Å²) in [6.07, 6.45) is 2.55. The van der Waals surface area contributed by atoms with Crippen LogP contribution in [0.3, 0.4) is 0 Å². The molecule has 1 amide bonds. The number of carbonyl (C=O) groups is 1. The van der Waals surface area contributed by atoms with Gasteiger partial charge in [-0.05, 0) is 44.8 Å². The fraction of sp³-hybridized carbons (Fsp3) is 0.444. The van der Waals surface area contributed by atoms with E-state index in [0.717, 1.165) is 25.2 Å². The van der Waals surface area contributed by atoms with E-state index in [9.17, 15) is 9.18 Å². The van der Waals surface area contributed by atoms with Crippen LogP contribution in [0.5, 0.6) is 5.75 Å². The van der Waals surface area contributed by atoms with Crippen molar-refractivity contribution >= 4 is 5.91 Å². The fourth-order valence-electron chi connectivity index (χ4n) is 3.24. The predicted molar refractivity (Wildman–Crippen MR) is 92.0 cm³/mol. The summed E-state index contributed by atoms with van der Waals surface area (Å²) in [5.41, 5.74) is 1.32. The minimum absolute atomic E-state index is 0.0364. The Balaban J connectivity index is 1.91. The number of hydrogen-bond donors (Lipinski definition) is 0. The third kappa shape index (κ3) is 3.66. The van der Waals surface area contributed by atoms with Crippen molar-refractivity contribution in [2.45, 2.75) is 25.6 Å². The molecule has 0 unspecified atom stereocenters. The molecule has 0 aliphatic carbocycles. The van der Waals surface area contributed by atoms with Crippen molar-refractivity contribution < 1.29 is 13.9 Å². The molecule has 134 valence electrons. The highest BCUT2D eigenvalue weighted by Gasteiger charge is 2.29. The van der Waals surface area contributed by atoms with Gasteiger partial charge in [-0.2, -0.15) is 5.10 Å². The summed E-state index contributed by atoms with van der Waals surface area (Å²) in [5.74, 6) is -0.573. The van der Waals surface area contributed by atoms with Crippen LogP contribution in [0.2, 0.25) is 0 Å². The Hall–Kier alpha value is -2.41. The van der Waals surface area contributed by atoms with E-state index < -0.39 is 5.82 Å². The van der Waals surface area contributed by atoms with Gasteiger partial charge in [-0.25, -0.2) is 4.39 Å². The lowest BCUT2D eigenvalue weighted by Crippen LogP contribution is -2.44. The number of methoxy groups -OCH3 is 1. The van der Waals surface area contributed by atoms with Gasteiger partial charge in [-0.3, -0.25) is 9.48 Å². The van der Waals surface area contributed by atoms with Crippen LogP contribution < -0.4 is 4.74 Å². The molecule has 0 fully saturated rings. The van der Waals surface area contributed by atoms with Gasteiger partial charge in [0, 0.05) is 30.9 Å². The van der Waals surface area contributed by atoms with Gasteiger partial charge >= 0.3 is 0 Å². The zero-order valence-corrected chi connectivity index (χ0v) is 14.8. The highest BCUT2D eigenvalue weighted by Crippen LogP contribution is 2.23. The second-order valence-electron chi connectivity index (χ2n) is 6.53. The summed E-state index contributed by atoms with van der Waals surface area (Å²) >= 11 is 0.